The van der Waals surface area contributed by atoms with E-state index in [9.17, 15) is 8.42 Å². The minimum absolute atomic E-state index is 0.208. The zero-order valence-corrected chi connectivity index (χ0v) is 13.8. The van der Waals surface area contributed by atoms with Crippen LogP contribution in [0, 0.1) is 6.92 Å². The molecule has 0 amide bonds. The number of sulfonamides is 1. The highest BCUT2D eigenvalue weighted by Gasteiger charge is 2.28. The standard InChI is InChI=1S/C15H24N2O3S/c1-13-5-7-14(8-6-13)20-15-11-17(12-15)9-4-10-21(18,19)16(2)3/h5-8,15H,4,9-12H2,1-3H3. The lowest BCUT2D eigenvalue weighted by atomic mass is 10.1. The molecule has 1 saturated heterocycles. The second-order valence-corrected chi connectivity index (χ2v) is 8.07. The normalized spacial score (nSPS) is 17.0. The molecule has 0 N–H and O–H groups in total. The molecule has 21 heavy (non-hydrogen) atoms. The topological polar surface area (TPSA) is 49.9 Å². The zero-order chi connectivity index (χ0) is 15.5. The Morgan fingerprint density at radius 1 is 1.24 bits per heavy atom. The Hall–Kier alpha value is -1.11. The van der Waals surface area contributed by atoms with Gasteiger partial charge >= 0.3 is 0 Å². The highest BCUT2D eigenvalue weighted by atomic mass is 32.2. The lowest BCUT2D eigenvalue weighted by Crippen LogP contribution is -2.54. The van der Waals surface area contributed by atoms with E-state index in [-0.39, 0.29) is 11.9 Å². The van der Waals surface area contributed by atoms with Crippen molar-refractivity contribution in [1.29, 1.82) is 0 Å². The monoisotopic (exact) mass is 312 g/mol. The second-order valence-electron chi connectivity index (χ2n) is 5.76. The average molecular weight is 312 g/mol. The number of hydrogen-bond acceptors (Lipinski definition) is 4. The largest absolute Gasteiger partial charge is 0.488 e. The van der Waals surface area contributed by atoms with E-state index < -0.39 is 10.0 Å². The molecule has 0 bridgehead atoms. The van der Waals surface area contributed by atoms with Crippen LogP contribution in [0.25, 0.3) is 0 Å². The van der Waals surface area contributed by atoms with E-state index in [1.807, 2.05) is 24.3 Å². The van der Waals surface area contributed by atoms with Crippen LogP contribution in [-0.4, -0.2) is 63.2 Å². The summed E-state index contributed by atoms with van der Waals surface area (Å²) in [7, 11) is 0.0789. The summed E-state index contributed by atoms with van der Waals surface area (Å²) >= 11 is 0. The minimum atomic E-state index is -3.07. The van der Waals surface area contributed by atoms with Crippen LogP contribution in [0.2, 0.25) is 0 Å². The molecule has 2 rings (SSSR count). The van der Waals surface area contributed by atoms with E-state index in [2.05, 4.69) is 11.8 Å². The maximum Gasteiger partial charge on any atom is 0.213 e. The summed E-state index contributed by atoms with van der Waals surface area (Å²) in [5.74, 6) is 1.11. The zero-order valence-electron chi connectivity index (χ0n) is 12.9. The molecule has 1 aliphatic rings. The smallest absolute Gasteiger partial charge is 0.213 e. The summed E-state index contributed by atoms with van der Waals surface area (Å²) in [4.78, 5) is 2.23. The molecule has 0 saturated carbocycles. The van der Waals surface area contributed by atoms with Gasteiger partial charge in [0.2, 0.25) is 10.0 Å². The molecule has 0 aromatic heterocycles. The fourth-order valence-electron chi connectivity index (χ4n) is 2.24. The summed E-state index contributed by atoms with van der Waals surface area (Å²) in [5.41, 5.74) is 1.22. The Labute approximate surface area is 127 Å². The first kappa shape index (κ1) is 16.3. The van der Waals surface area contributed by atoms with Crippen molar-refractivity contribution < 1.29 is 13.2 Å². The molecule has 0 atom stereocenters. The number of nitrogens with zero attached hydrogens (tertiary/aromatic N) is 2. The molecular formula is C15H24N2O3S. The van der Waals surface area contributed by atoms with Crippen LogP contribution < -0.4 is 4.74 Å². The van der Waals surface area contributed by atoms with Gasteiger partial charge in [0, 0.05) is 27.2 Å². The van der Waals surface area contributed by atoms with Gasteiger partial charge in [-0.2, -0.15) is 0 Å². The van der Waals surface area contributed by atoms with Crippen molar-refractivity contribution in [2.45, 2.75) is 19.4 Å². The van der Waals surface area contributed by atoms with Gasteiger partial charge in [-0.15, -0.1) is 0 Å². The fourth-order valence-corrected chi connectivity index (χ4v) is 3.10. The summed E-state index contributed by atoms with van der Waals surface area (Å²) in [6.07, 6.45) is 0.885. The quantitative estimate of drug-likeness (QED) is 0.762. The van der Waals surface area contributed by atoms with Crippen LogP contribution in [0.1, 0.15) is 12.0 Å². The number of benzene rings is 1. The summed E-state index contributed by atoms with van der Waals surface area (Å²) in [5, 5.41) is 0. The van der Waals surface area contributed by atoms with Gasteiger partial charge in [-0.25, -0.2) is 12.7 Å². The molecule has 1 aliphatic heterocycles. The predicted octanol–water partition coefficient (Wildman–Crippen LogP) is 1.34. The molecular weight excluding hydrogens is 288 g/mol. The van der Waals surface area contributed by atoms with Gasteiger partial charge in [0.25, 0.3) is 0 Å². The lowest BCUT2D eigenvalue weighted by molar-refractivity contribution is 0.0203. The number of ether oxygens (including phenoxy) is 1. The van der Waals surface area contributed by atoms with Crippen LogP contribution in [0.5, 0.6) is 5.75 Å². The van der Waals surface area contributed by atoms with Gasteiger partial charge < -0.3 is 4.74 Å². The van der Waals surface area contributed by atoms with Crippen molar-refractivity contribution in [3.8, 4) is 5.75 Å². The molecule has 1 aromatic rings. The van der Waals surface area contributed by atoms with Gasteiger partial charge in [-0.1, -0.05) is 17.7 Å². The molecule has 1 heterocycles. The van der Waals surface area contributed by atoms with Crippen LogP contribution in [0.15, 0.2) is 24.3 Å². The van der Waals surface area contributed by atoms with Crippen molar-refractivity contribution >= 4 is 10.0 Å². The van der Waals surface area contributed by atoms with E-state index >= 15 is 0 Å². The first-order chi connectivity index (χ1) is 9.87. The van der Waals surface area contributed by atoms with E-state index in [0.717, 1.165) is 25.4 Å². The van der Waals surface area contributed by atoms with Gasteiger partial charge in [-0.3, -0.25) is 4.90 Å². The molecule has 1 aromatic carbocycles. The van der Waals surface area contributed by atoms with E-state index in [0.29, 0.717) is 6.42 Å². The third-order valence-corrected chi connectivity index (χ3v) is 5.60. The number of aryl methyl sites for hydroxylation is 1. The molecule has 0 unspecified atom stereocenters. The molecule has 0 spiro atoms. The van der Waals surface area contributed by atoms with Gasteiger partial charge in [0.1, 0.15) is 11.9 Å². The summed E-state index contributed by atoms with van der Waals surface area (Å²) in [6.45, 7) is 4.60. The van der Waals surface area contributed by atoms with Crippen molar-refractivity contribution in [3.05, 3.63) is 29.8 Å². The SMILES string of the molecule is Cc1ccc(OC2CN(CCCS(=O)(=O)N(C)C)C2)cc1. The molecule has 0 radical (unpaired) electrons. The van der Waals surface area contributed by atoms with Crippen LogP contribution >= 0.6 is 0 Å². The molecule has 6 heteroatoms. The molecule has 5 nitrogen and oxygen atoms in total. The maximum atomic E-state index is 11.6. The average Bonchev–Trinajstić information content (AvgIpc) is 2.37. The Kier molecular flexibility index (Phi) is 5.24. The number of likely N-dealkylation sites (tertiary alicyclic amines) is 1. The first-order valence-corrected chi connectivity index (χ1v) is 8.83. The van der Waals surface area contributed by atoms with Crippen molar-refractivity contribution in [2.75, 3.05) is 39.5 Å². The first-order valence-electron chi connectivity index (χ1n) is 7.23. The van der Waals surface area contributed by atoms with Crippen molar-refractivity contribution in [2.24, 2.45) is 0 Å². The second kappa shape index (κ2) is 6.77. The third kappa shape index (κ3) is 4.69. The lowest BCUT2D eigenvalue weighted by Gasteiger charge is -2.39. The van der Waals surface area contributed by atoms with Crippen LogP contribution in [0.4, 0.5) is 0 Å². The minimum Gasteiger partial charge on any atom is -0.488 e. The molecule has 118 valence electrons. The maximum absolute atomic E-state index is 11.6. The summed E-state index contributed by atoms with van der Waals surface area (Å²) < 4.78 is 30.4. The van der Waals surface area contributed by atoms with E-state index in [4.69, 9.17) is 4.74 Å². The number of rotatable bonds is 7. The van der Waals surface area contributed by atoms with Gasteiger partial charge in [-0.05, 0) is 32.0 Å². The Bertz CT molecular complexity index is 549. The summed E-state index contributed by atoms with van der Waals surface area (Å²) in [6, 6.07) is 8.05. The predicted molar refractivity (Wildman–Crippen MR) is 84.1 cm³/mol. The van der Waals surface area contributed by atoms with Crippen LogP contribution in [0.3, 0.4) is 0 Å². The Morgan fingerprint density at radius 3 is 2.43 bits per heavy atom. The Morgan fingerprint density at radius 2 is 1.86 bits per heavy atom. The molecule has 0 aliphatic carbocycles. The highest BCUT2D eigenvalue weighted by Crippen LogP contribution is 2.18. The van der Waals surface area contributed by atoms with Gasteiger partial charge in [0.05, 0.1) is 5.75 Å². The van der Waals surface area contributed by atoms with Crippen molar-refractivity contribution in [1.82, 2.24) is 9.21 Å². The van der Waals surface area contributed by atoms with Gasteiger partial charge in [0.15, 0.2) is 0 Å². The highest BCUT2D eigenvalue weighted by molar-refractivity contribution is 7.89. The van der Waals surface area contributed by atoms with E-state index in [1.54, 1.807) is 14.1 Å². The van der Waals surface area contributed by atoms with Crippen LogP contribution in [-0.2, 0) is 10.0 Å². The van der Waals surface area contributed by atoms with Crippen molar-refractivity contribution in [3.63, 3.8) is 0 Å². The Balaban J connectivity index is 1.65. The fraction of sp³-hybridized carbons (Fsp3) is 0.600. The number of hydrogen-bond donors (Lipinski definition) is 0. The third-order valence-electron chi connectivity index (χ3n) is 3.68. The van der Waals surface area contributed by atoms with E-state index in [1.165, 1.54) is 9.87 Å². The molecule has 1 fully saturated rings.